The monoisotopic (exact) mass is 498 g/mol. The highest BCUT2D eigenvalue weighted by Crippen LogP contribution is 2.24. The van der Waals surface area contributed by atoms with Crippen molar-refractivity contribution in [3.8, 4) is 11.8 Å². The number of carbonyl (C=O) groups is 3. The number of alkyl carbamates (subject to hydrolysis) is 1. The zero-order valence-corrected chi connectivity index (χ0v) is 21.3. The summed E-state index contributed by atoms with van der Waals surface area (Å²) < 4.78 is 13.7. The Hall–Kier alpha value is -3.58. The van der Waals surface area contributed by atoms with Gasteiger partial charge < -0.3 is 14.8 Å². The number of rotatable bonds is 8. The molecular weight excluding hydrogens is 464 g/mol. The van der Waals surface area contributed by atoms with Crippen LogP contribution in [0.2, 0.25) is 0 Å². The van der Waals surface area contributed by atoms with Crippen molar-refractivity contribution in [2.75, 3.05) is 19.8 Å². The molecule has 0 aliphatic carbocycles. The first-order valence-electron chi connectivity index (χ1n) is 12.2. The number of fused-ring (bicyclic) bond motifs is 1. The smallest absolute Gasteiger partial charge is 0.407 e. The van der Waals surface area contributed by atoms with E-state index in [0.717, 1.165) is 12.8 Å². The largest absolute Gasteiger partial charge is 0.444 e. The molecule has 1 aromatic heterocycles. The van der Waals surface area contributed by atoms with Crippen LogP contribution in [0.25, 0.3) is 11.0 Å². The third-order valence-electron chi connectivity index (χ3n) is 5.60. The van der Waals surface area contributed by atoms with Gasteiger partial charge in [0.1, 0.15) is 11.6 Å². The number of piperidine rings is 1. The number of aryl methyl sites for hydroxylation is 1. The summed E-state index contributed by atoms with van der Waals surface area (Å²) in [5.41, 5.74) is 1.12. The third kappa shape index (κ3) is 6.98. The Balaban J connectivity index is 1.50. The number of hydrogen-bond acceptors (Lipinski definition) is 6. The second kappa shape index (κ2) is 11.9. The fourth-order valence-electron chi connectivity index (χ4n) is 3.99. The van der Waals surface area contributed by atoms with Crippen molar-refractivity contribution < 1.29 is 23.9 Å². The summed E-state index contributed by atoms with van der Waals surface area (Å²) in [5.74, 6) is 5.41. The van der Waals surface area contributed by atoms with Crippen molar-refractivity contribution in [1.29, 1.82) is 0 Å². The van der Waals surface area contributed by atoms with E-state index in [4.69, 9.17) is 9.47 Å². The Morgan fingerprint density at radius 1 is 1.19 bits per heavy atom. The maximum Gasteiger partial charge on any atom is 0.407 e. The fraction of sp³-hybridized carbons (Fsp3) is 0.538. The lowest BCUT2D eigenvalue weighted by atomic mass is 10.1. The van der Waals surface area contributed by atoms with E-state index in [1.165, 1.54) is 9.13 Å². The van der Waals surface area contributed by atoms with Crippen LogP contribution in [0.3, 0.4) is 0 Å². The molecule has 0 saturated carbocycles. The minimum absolute atomic E-state index is 0.193. The van der Waals surface area contributed by atoms with Crippen molar-refractivity contribution >= 4 is 28.9 Å². The molecule has 36 heavy (non-hydrogen) atoms. The molecule has 0 bridgehead atoms. The summed E-state index contributed by atoms with van der Waals surface area (Å²) in [6.45, 7) is 7.03. The van der Waals surface area contributed by atoms with Gasteiger partial charge in [-0.1, -0.05) is 17.9 Å². The molecule has 1 aliphatic heterocycles. The number of ether oxygens (including phenoxy) is 2. The Morgan fingerprint density at radius 2 is 1.97 bits per heavy atom. The van der Waals surface area contributed by atoms with E-state index >= 15 is 0 Å². The van der Waals surface area contributed by atoms with Gasteiger partial charge in [0, 0.05) is 33.0 Å². The molecule has 0 spiro atoms. The molecule has 1 aliphatic rings. The first-order valence-corrected chi connectivity index (χ1v) is 12.2. The van der Waals surface area contributed by atoms with E-state index in [1.807, 2.05) is 26.8 Å². The second-order valence-corrected chi connectivity index (χ2v) is 9.65. The van der Waals surface area contributed by atoms with Crippen LogP contribution in [-0.2, 0) is 26.1 Å². The van der Waals surface area contributed by atoms with E-state index in [0.29, 0.717) is 42.8 Å². The van der Waals surface area contributed by atoms with Crippen LogP contribution in [0.15, 0.2) is 23.0 Å². The lowest BCUT2D eigenvalue weighted by Gasteiger charge is -2.21. The summed E-state index contributed by atoms with van der Waals surface area (Å²) in [5, 5.41) is 5.03. The number of unbranched alkanes of at least 4 members (excludes halogenated alkanes) is 1. The Bertz CT molecular complexity index is 1240. The zero-order valence-electron chi connectivity index (χ0n) is 21.3. The van der Waals surface area contributed by atoms with Crippen LogP contribution in [0.5, 0.6) is 0 Å². The molecule has 1 unspecified atom stereocenters. The number of imidazole rings is 1. The first kappa shape index (κ1) is 27.0. The lowest BCUT2D eigenvalue weighted by molar-refractivity contribution is -0.135. The van der Waals surface area contributed by atoms with Gasteiger partial charge in [-0.3, -0.25) is 24.0 Å². The normalized spacial score (nSPS) is 15.8. The number of benzene rings is 1. The van der Waals surface area contributed by atoms with Crippen molar-refractivity contribution in [3.05, 3.63) is 34.2 Å². The van der Waals surface area contributed by atoms with Gasteiger partial charge in [0.05, 0.1) is 23.2 Å². The van der Waals surface area contributed by atoms with Crippen molar-refractivity contribution in [2.45, 2.75) is 64.5 Å². The van der Waals surface area contributed by atoms with Crippen molar-refractivity contribution in [3.63, 3.8) is 0 Å². The maximum atomic E-state index is 13.0. The molecule has 1 atom stereocenters. The molecule has 2 heterocycles. The van der Waals surface area contributed by atoms with Gasteiger partial charge in [0.2, 0.25) is 11.8 Å². The molecule has 1 aromatic carbocycles. The average Bonchev–Trinajstić information content (AvgIpc) is 3.05. The second-order valence-electron chi connectivity index (χ2n) is 9.65. The van der Waals surface area contributed by atoms with Gasteiger partial charge >= 0.3 is 11.8 Å². The Labute approximate surface area is 210 Å². The quantitative estimate of drug-likeness (QED) is 0.328. The molecule has 10 heteroatoms. The molecule has 1 saturated heterocycles. The lowest BCUT2D eigenvalue weighted by Crippen LogP contribution is -2.44. The van der Waals surface area contributed by atoms with E-state index in [-0.39, 0.29) is 24.4 Å². The number of hydrogen-bond donors (Lipinski definition) is 2. The Morgan fingerprint density at radius 3 is 2.69 bits per heavy atom. The highest BCUT2D eigenvalue weighted by atomic mass is 16.6. The summed E-state index contributed by atoms with van der Waals surface area (Å²) >= 11 is 0. The van der Waals surface area contributed by atoms with Gasteiger partial charge in [0.25, 0.3) is 0 Å². The number of para-hydroxylation sites is 1. The van der Waals surface area contributed by atoms with Gasteiger partial charge in [-0.25, -0.2) is 9.59 Å². The number of aromatic nitrogens is 2. The molecule has 0 radical (unpaired) electrons. The van der Waals surface area contributed by atoms with Gasteiger partial charge in [-0.15, -0.1) is 0 Å². The predicted molar refractivity (Wildman–Crippen MR) is 134 cm³/mol. The molecule has 1 fully saturated rings. The minimum atomic E-state index is -0.727. The SMILES string of the molecule is Cn1c(=O)n(C2CCC(=O)NC2=O)c2cccc(C#CCCOCCCCNC(=O)OC(C)(C)C)c21. The molecule has 2 N–H and O–H groups in total. The molecule has 194 valence electrons. The fourth-order valence-corrected chi connectivity index (χ4v) is 3.99. The van der Waals surface area contributed by atoms with Crippen molar-refractivity contribution in [1.82, 2.24) is 19.8 Å². The van der Waals surface area contributed by atoms with Crippen LogP contribution in [0.4, 0.5) is 4.79 Å². The van der Waals surface area contributed by atoms with E-state index in [9.17, 15) is 19.2 Å². The molecule has 3 rings (SSSR count). The zero-order chi connectivity index (χ0) is 26.3. The van der Waals surface area contributed by atoms with Crippen LogP contribution in [0, 0.1) is 11.8 Å². The van der Waals surface area contributed by atoms with E-state index in [2.05, 4.69) is 22.5 Å². The van der Waals surface area contributed by atoms with Gasteiger partial charge in [0.15, 0.2) is 0 Å². The summed E-state index contributed by atoms with van der Waals surface area (Å²) in [4.78, 5) is 48.4. The third-order valence-corrected chi connectivity index (χ3v) is 5.60. The first-order chi connectivity index (χ1) is 17.1. The molecule has 10 nitrogen and oxygen atoms in total. The molecule has 3 amide bonds. The number of imide groups is 1. The maximum absolute atomic E-state index is 13.0. The minimum Gasteiger partial charge on any atom is -0.444 e. The summed E-state index contributed by atoms with van der Waals surface area (Å²) in [6.07, 6.45) is 2.17. The Kier molecular flexibility index (Phi) is 8.93. The predicted octanol–water partition coefficient (Wildman–Crippen LogP) is 2.38. The topological polar surface area (TPSA) is 121 Å². The van der Waals surface area contributed by atoms with E-state index in [1.54, 1.807) is 19.2 Å². The van der Waals surface area contributed by atoms with Gasteiger partial charge in [-0.05, 0) is 52.2 Å². The summed E-state index contributed by atoms with van der Waals surface area (Å²) in [6, 6.07) is 4.69. The van der Waals surface area contributed by atoms with Crippen LogP contribution >= 0.6 is 0 Å². The van der Waals surface area contributed by atoms with Crippen LogP contribution in [-0.4, -0.2) is 52.4 Å². The summed E-state index contributed by atoms with van der Waals surface area (Å²) in [7, 11) is 1.65. The van der Waals surface area contributed by atoms with Crippen molar-refractivity contribution in [2.24, 2.45) is 7.05 Å². The highest BCUT2D eigenvalue weighted by molar-refractivity contribution is 6.00. The van der Waals surface area contributed by atoms with Crippen LogP contribution in [0.1, 0.15) is 64.5 Å². The highest BCUT2D eigenvalue weighted by Gasteiger charge is 2.31. The number of nitrogens with zero attached hydrogens (tertiary/aromatic N) is 2. The number of nitrogens with one attached hydrogen (secondary N) is 2. The van der Waals surface area contributed by atoms with Gasteiger partial charge in [-0.2, -0.15) is 0 Å². The molecule has 2 aromatic rings. The molecular formula is C26H34N4O6. The van der Waals surface area contributed by atoms with E-state index < -0.39 is 23.6 Å². The number of amides is 3. The average molecular weight is 499 g/mol. The van der Waals surface area contributed by atoms with Crippen LogP contribution < -0.4 is 16.3 Å². The standard InChI is InChI=1S/C26H34N4O6/c1-26(2,3)36-24(33)27-15-6-8-17-35-16-7-5-10-18-11-9-12-19-22(18)29(4)25(34)30(19)20-13-14-21(31)28-23(20)32/h9,11-12,20H,6-8,13-17H2,1-4H3,(H,27,33)(H,28,31,32). The number of carbonyl (C=O) groups excluding carboxylic acids is 3.